The lowest BCUT2D eigenvalue weighted by Gasteiger charge is -2.19. The zero-order chi connectivity index (χ0) is 13.4. The lowest BCUT2D eigenvalue weighted by Crippen LogP contribution is -2.39. The third-order valence-electron chi connectivity index (χ3n) is 4.07. The summed E-state index contributed by atoms with van der Waals surface area (Å²) in [6, 6.07) is 2.37. The summed E-state index contributed by atoms with van der Waals surface area (Å²) < 4.78 is 7.38. The molecule has 0 bridgehead atoms. The number of ether oxygens (including phenoxy) is 1. The molecular weight excluding hydrogens is 242 g/mol. The summed E-state index contributed by atoms with van der Waals surface area (Å²) in [5.41, 5.74) is 7.16. The predicted molar refractivity (Wildman–Crippen MR) is 73.0 cm³/mol. The molecule has 1 saturated heterocycles. The molecule has 5 heteroatoms. The molecule has 2 atom stereocenters. The third-order valence-corrected chi connectivity index (χ3v) is 4.07. The average Bonchev–Trinajstić information content (AvgIpc) is 2.91. The van der Waals surface area contributed by atoms with Crippen LogP contribution in [0.4, 0.5) is 5.69 Å². The molecule has 1 saturated carbocycles. The molecule has 3 N–H and O–H groups in total. The van der Waals surface area contributed by atoms with Crippen LogP contribution in [-0.2, 0) is 4.74 Å². The van der Waals surface area contributed by atoms with Gasteiger partial charge >= 0.3 is 0 Å². The molecule has 1 aliphatic carbocycles. The predicted octanol–water partition coefficient (Wildman–Crippen LogP) is 1.56. The van der Waals surface area contributed by atoms with Gasteiger partial charge in [0.2, 0.25) is 0 Å². The smallest absolute Gasteiger partial charge is 0.268 e. The van der Waals surface area contributed by atoms with Crippen molar-refractivity contribution >= 4 is 11.6 Å². The number of nitrogen functional groups attached to an aromatic ring is 1. The summed E-state index contributed by atoms with van der Waals surface area (Å²) in [4.78, 5) is 12.3. The van der Waals surface area contributed by atoms with Crippen molar-refractivity contribution in [1.82, 2.24) is 9.88 Å². The second kappa shape index (κ2) is 4.89. The van der Waals surface area contributed by atoms with Crippen molar-refractivity contribution in [3.8, 4) is 0 Å². The van der Waals surface area contributed by atoms with E-state index in [1.54, 1.807) is 6.07 Å². The Labute approximate surface area is 113 Å². The summed E-state index contributed by atoms with van der Waals surface area (Å²) >= 11 is 0. The van der Waals surface area contributed by atoms with E-state index in [2.05, 4.69) is 5.32 Å². The van der Waals surface area contributed by atoms with Crippen molar-refractivity contribution < 1.29 is 9.53 Å². The number of rotatable bonds is 4. The fourth-order valence-corrected chi connectivity index (χ4v) is 2.68. The summed E-state index contributed by atoms with van der Waals surface area (Å²) in [5.74, 6) is 0.397. The normalized spacial score (nSPS) is 24.4. The Morgan fingerprint density at radius 1 is 1.53 bits per heavy atom. The highest BCUT2D eigenvalue weighted by Gasteiger charge is 2.29. The van der Waals surface area contributed by atoms with Gasteiger partial charge in [-0.15, -0.1) is 0 Å². The van der Waals surface area contributed by atoms with Gasteiger partial charge in [-0.05, 0) is 32.3 Å². The van der Waals surface area contributed by atoms with Crippen LogP contribution in [0.3, 0.4) is 0 Å². The summed E-state index contributed by atoms with van der Waals surface area (Å²) in [6.07, 6.45) is 5.17. The number of nitrogens with two attached hydrogens (primary N) is 1. The van der Waals surface area contributed by atoms with Crippen LogP contribution in [0.1, 0.15) is 42.7 Å². The van der Waals surface area contributed by atoms with E-state index in [1.807, 2.05) is 17.7 Å². The van der Waals surface area contributed by atoms with E-state index in [4.69, 9.17) is 10.5 Å². The van der Waals surface area contributed by atoms with E-state index in [1.165, 1.54) is 0 Å². The van der Waals surface area contributed by atoms with Gasteiger partial charge in [0.1, 0.15) is 5.69 Å². The van der Waals surface area contributed by atoms with Crippen LogP contribution in [-0.4, -0.2) is 29.7 Å². The van der Waals surface area contributed by atoms with Gasteiger partial charge in [0, 0.05) is 30.8 Å². The second-order valence-electron chi connectivity index (χ2n) is 5.68. The number of carbonyl (C=O) groups is 1. The number of aromatic nitrogens is 1. The maximum Gasteiger partial charge on any atom is 0.268 e. The Balaban J connectivity index is 1.69. The quantitative estimate of drug-likeness (QED) is 0.866. The minimum atomic E-state index is -0.0250. The van der Waals surface area contributed by atoms with Gasteiger partial charge in [-0.1, -0.05) is 0 Å². The first-order chi connectivity index (χ1) is 9.15. The van der Waals surface area contributed by atoms with Crippen LogP contribution in [0.25, 0.3) is 0 Å². The second-order valence-corrected chi connectivity index (χ2v) is 5.68. The molecular formula is C14H21N3O2. The number of hydrogen-bond acceptors (Lipinski definition) is 3. The van der Waals surface area contributed by atoms with Gasteiger partial charge in [-0.3, -0.25) is 4.79 Å². The van der Waals surface area contributed by atoms with Crippen LogP contribution in [0.5, 0.6) is 0 Å². The number of nitrogens with zero attached hydrogens (tertiary/aromatic N) is 1. The molecule has 0 radical (unpaired) electrons. The van der Waals surface area contributed by atoms with Crippen LogP contribution in [0.2, 0.25) is 0 Å². The maximum atomic E-state index is 12.3. The Bertz CT molecular complexity index is 473. The topological polar surface area (TPSA) is 69.3 Å². The molecule has 1 aliphatic heterocycles. The monoisotopic (exact) mass is 263 g/mol. The first-order valence-electron chi connectivity index (χ1n) is 7.01. The van der Waals surface area contributed by atoms with Crippen molar-refractivity contribution in [2.75, 3.05) is 18.9 Å². The molecule has 3 rings (SSSR count). The Hall–Kier alpha value is -1.49. The van der Waals surface area contributed by atoms with Crippen LogP contribution in [0.15, 0.2) is 12.3 Å². The SMILES string of the molecule is CC(NC(=O)c1cc(N)cn1C1CC1)C1CCOC1. The largest absolute Gasteiger partial charge is 0.397 e. The minimum absolute atomic E-state index is 0.0250. The van der Waals surface area contributed by atoms with Crippen LogP contribution in [0, 0.1) is 5.92 Å². The van der Waals surface area contributed by atoms with E-state index in [0.717, 1.165) is 32.5 Å². The average molecular weight is 263 g/mol. The highest BCUT2D eigenvalue weighted by Crippen LogP contribution is 2.37. The van der Waals surface area contributed by atoms with Crippen molar-refractivity contribution in [3.05, 3.63) is 18.0 Å². The minimum Gasteiger partial charge on any atom is -0.397 e. The Morgan fingerprint density at radius 2 is 2.32 bits per heavy atom. The molecule has 19 heavy (non-hydrogen) atoms. The zero-order valence-corrected chi connectivity index (χ0v) is 11.3. The summed E-state index contributed by atoms with van der Waals surface area (Å²) in [7, 11) is 0. The third kappa shape index (κ3) is 2.61. The molecule has 0 spiro atoms. The molecule has 2 aliphatic rings. The van der Waals surface area contributed by atoms with E-state index in [0.29, 0.717) is 23.3 Å². The van der Waals surface area contributed by atoms with E-state index in [-0.39, 0.29) is 11.9 Å². The van der Waals surface area contributed by atoms with Gasteiger partial charge in [-0.2, -0.15) is 0 Å². The Kier molecular flexibility index (Phi) is 3.22. The van der Waals surface area contributed by atoms with Crippen molar-refractivity contribution in [3.63, 3.8) is 0 Å². The highest BCUT2D eigenvalue weighted by atomic mass is 16.5. The first kappa shape index (κ1) is 12.5. The molecule has 1 amide bonds. The number of carbonyl (C=O) groups excluding carboxylic acids is 1. The zero-order valence-electron chi connectivity index (χ0n) is 11.3. The van der Waals surface area contributed by atoms with Crippen LogP contribution < -0.4 is 11.1 Å². The summed E-state index contributed by atoms with van der Waals surface area (Å²) in [5, 5.41) is 3.08. The van der Waals surface area contributed by atoms with Crippen molar-refractivity contribution in [2.45, 2.75) is 38.3 Å². The summed E-state index contributed by atoms with van der Waals surface area (Å²) in [6.45, 7) is 3.59. The fourth-order valence-electron chi connectivity index (χ4n) is 2.68. The molecule has 2 unspecified atom stereocenters. The van der Waals surface area contributed by atoms with E-state index >= 15 is 0 Å². The number of nitrogens with one attached hydrogen (secondary N) is 1. The molecule has 2 fully saturated rings. The number of hydrogen-bond donors (Lipinski definition) is 2. The lowest BCUT2D eigenvalue weighted by atomic mass is 10.0. The Morgan fingerprint density at radius 3 is 2.95 bits per heavy atom. The van der Waals surface area contributed by atoms with E-state index in [9.17, 15) is 4.79 Å². The molecule has 1 aromatic heterocycles. The van der Waals surface area contributed by atoms with Gasteiger partial charge in [0.25, 0.3) is 5.91 Å². The highest BCUT2D eigenvalue weighted by molar-refractivity contribution is 5.94. The van der Waals surface area contributed by atoms with Gasteiger partial charge in [-0.25, -0.2) is 0 Å². The van der Waals surface area contributed by atoms with Gasteiger partial charge in [0.15, 0.2) is 0 Å². The lowest BCUT2D eigenvalue weighted by molar-refractivity contribution is 0.0912. The molecule has 0 aromatic carbocycles. The number of anilines is 1. The molecule has 2 heterocycles. The fraction of sp³-hybridized carbons (Fsp3) is 0.643. The molecule has 5 nitrogen and oxygen atoms in total. The van der Waals surface area contributed by atoms with Gasteiger partial charge in [0.05, 0.1) is 12.3 Å². The standard InChI is InChI=1S/C14H21N3O2/c1-9(10-4-5-19-8-10)16-14(18)13-6-11(15)7-17(13)12-2-3-12/h6-7,9-10,12H,2-5,8,15H2,1H3,(H,16,18). The van der Waals surface area contributed by atoms with E-state index < -0.39 is 0 Å². The van der Waals surface area contributed by atoms with Crippen molar-refractivity contribution in [2.24, 2.45) is 5.92 Å². The number of amides is 1. The van der Waals surface area contributed by atoms with Crippen LogP contribution >= 0.6 is 0 Å². The van der Waals surface area contributed by atoms with Gasteiger partial charge < -0.3 is 20.4 Å². The van der Waals surface area contributed by atoms with Crippen molar-refractivity contribution in [1.29, 1.82) is 0 Å². The maximum absolute atomic E-state index is 12.3. The molecule has 1 aromatic rings. The molecule has 104 valence electrons. The first-order valence-corrected chi connectivity index (χ1v) is 7.01.